The zero-order valence-electron chi connectivity index (χ0n) is 13.4. The van der Waals surface area contributed by atoms with Crippen LogP contribution in [0, 0.1) is 28.6 Å². The number of ketones is 1. The maximum Gasteiger partial charge on any atom is 0.139 e. The number of allylic oxidation sites excluding steroid dienone is 2. The molecule has 3 saturated carbocycles. The second kappa shape index (κ2) is 4.63. The molecular weight excluding hydrogens is 276 g/mol. The lowest BCUT2D eigenvalue weighted by molar-refractivity contribution is -0.131. The summed E-state index contributed by atoms with van der Waals surface area (Å²) in [5.41, 5.74) is 2.13. The number of rotatable bonds is 0. The third-order valence-corrected chi connectivity index (χ3v) is 8.23. The van der Waals surface area contributed by atoms with Gasteiger partial charge < -0.3 is 0 Å². The lowest BCUT2D eigenvalue weighted by Gasteiger charge is -2.56. The smallest absolute Gasteiger partial charge is 0.139 e. The molecule has 0 bridgehead atoms. The minimum Gasteiger partial charge on any atom is -0.299 e. The topological polar surface area (TPSA) is 17.1 Å². The van der Waals surface area contributed by atoms with Crippen LogP contribution >= 0.6 is 12.6 Å². The summed E-state index contributed by atoms with van der Waals surface area (Å²) in [4.78, 5) is 12.4. The molecule has 0 aromatic heterocycles. The fourth-order valence-electron chi connectivity index (χ4n) is 6.41. The first kappa shape index (κ1) is 14.4. The highest BCUT2D eigenvalue weighted by molar-refractivity contribution is 7.80. The number of hydrogen-bond donors (Lipinski definition) is 1. The molecule has 0 aromatic carbocycles. The van der Waals surface area contributed by atoms with Crippen molar-refractivity contribution < 1.29 is 4.79 Å². The molecule has 0 N–H and O–H groups in total. The fourth-order valence-corrected chi connectivity index (χ4v) is 6.74. The Labute approximate surface area is 134 Å². The van der Waals surface area contributed by atoms with E-state index in [2.05, 4.69) is 19.9 Å². The molecule has 1 nitrogen and oxygen atoms in total. The van der Waals surface area contributed by atoms with E-state index >= 15 is 0 Å². The highest BCUT2D eigenvalue weighted by Gasteiger charge is 2.58. The maximum absolute atomic E-state index is 12.4. The van der Waals surface area contributed by atoms with Gasteiger partial charge in [0.1, 0.15) is 5.78 Å². The van der Waals surface area contributed by atoms with Crippen LogP contribution in [0.4, 0.5) is 0 Å². The van der Waals surface area contributed by atoms with Crippen LogP contribution in [-0.4, -0.2) is 11.0 Å². The molecule has 0 saturated heterocycles. The zero-order chi connectivity index (χ0) is 14.8. The van der Waals surface area contributed by atoms with Crippen molar-refractivity contribution in [3.8, 4) is 0 Å². The van der Waals surface area contributed by atoms with Gasteiger partial charge in [-0.2, -0.15) is 12.6 Å². The summed E-state index contributed by atoms with van der Waals surface area (Å²) in [5.74, 6) is 2.81. The van der Waals surface area contributed by atoms with Crippen LogP contribution in [0.15, 0.2) is 11.6 Å². The van der Waals surface area contributed by atoms with Gasteiger partial charge in [-0.1, -0.05) is 25.5 Å². The van der Waals surface area contributed by atoms with Gasteiger partial charge in [-0.3, -0.25) is 4.79 Å². The summed E-state index contributed by atoms with van der Waals surface area (Å²) in [7, 11) is 0. The number of hydrogen-bond acceptors (Lipinski definition) is 2. The van der Waals surface area contributed by atoms with Crippen molar-refractivity contribution in [1.82, 2.24) is 0 Å². The SMILES string of the molecule is C[C@]12CCC(S)CC1=CC[C@@H]1[C@H]2CC[C@]2(C)C(=O)CC[C@@H]12. The zero-order valence-corrected chi connectivity index (χ0v) is 14.3. The molecule has 21 heavy (non-hydrogen) atoms. The third kappa shape index (κ3) is 1.87. The van der Waals surface area contributed by atoms with E-state index in [1.165, 1.54) is 32.1 Å². The van der Waals surface area contributed by atoms with E-state index in [1.54, 1.807) is 5.57 Å². The van der Waals surface area contributed by atoms with Gasteiger partial charge in [0.15, 0.2) is 0 Å². The molecule has 0 radical (unpaired) electrons. The van der Waals surface area contributed by atoms with E-state index in [0.717, 1.165) is 31.1 Å². The lowest BCUT2D eigenvalue weighted by atomic mass is 9.48. The highest BCUT2D eigenvalue weighted by atomic mass is 32.1. The number of carbonyl (C=O) groups excluding carboxylic acids is 1. The van der Waals surface area contributed by atoms with Crippen LogP contribution in [0.1, 0.15) is 65.2 Å². The molecule has 1 unspecified atom stereocenters. The van der Waals surface area contributed by atoms with Crippen molar-refractivity contribution in [2.45, 2.75) is 70.5 Å². The molecule has 6 atom stereocenters. The van der Waals surface area contributed by atoms with Crippen LogP contribution in [-0.2, 0) is 4.79 Å². The van der Waals surface area contributed by atoms with E-state index < -0.39 is 0 Å². The molecule has 116 valence electrons. The van der Waals surface area contributed by atoms with Gasteiger partial charge in [0.2, 0.25) is 0 Å². The quantitative estimate of drug-likeness (QED) is 0.502. The van der Waals surface area contributed by atoms with Crippen molar-refractivity contribution in [2.75, 3.05) is 0 Å². The average molecular weight is 304 g/mol. The van der Waals surface area contributed by atoms with Crippen LogP contribution in [0.3, 0.4) is 0 Å². The van der Waals surface area contributed by atoms with Crippen molar-refractivity contribution >= 4 is 18.4 Å². The molecule has 0 spiro atoms. The van der Waals surface area contributed by atoms with E-state index in [0.29, 0.717) is 22.4 Å². The summed E-state index contributed by atoms with van der Waals surface area (Å²) >= 11 is 4.73. The van der Waals surface area contributed by atoms with E-state index in [9.17, 15) is 4.79 Å². The Balaban J connectivity index is 1.69. The van der Waals surface area contributed by atoms with Crippen LogP contribution in [0.2, 0.25) is 0 Å². The standard InChI is InChI=1S/C19H28OS/c1-18-9-7-13(21)11-12(18)3-4-14-15-5-6-17(20)19(15,2)10-8-16(14)18/h3,13-16,21H,4-11H2,1-2H3/t13?,14-,15-,16+,18-,19-/m0/s1. The first-order valence-corrected chi connectivity index (χ1v) is 9.38. The van der Waals surface area contributed by atoms with Gasteiger partial charge in [-0.05, 0) is 68.1 Å². The first-order valence-electron chi connectivity index (χ1n) is 8.86. The molecule has 2 heteroatoms. The normalized spacial score (nSPS) is 52.7. The molecule has 0 heterocycles. The van der Waals surface area contributed by atoms with E-state index in [4.69, 9.17) is 12.6 Å². The maximum atomic E-state index is 12.4. The molecule has 4 rings (SSSR count). The fraction of sp³-hybridized carbons (Fsp3) is 0.842. The summed E-state index contributed by atoms with van der Waals surface area (Å²) in [6, 6.07) is 0. The number of fused-ring (bicyclic) bond motifs is 5. The Morgan fingerprint density at radius 3 is 2.62 bits per heavy atom. The Bertz CT molecular complexity index is 510. The Morgan fingerprint density at radius 1 is 1.10 bits per heavy atom. The second-order valence-corrected chi connectivity index (χ2v) is 9.30. The Hall–Kier alpha value is -0.240. The van der Waals surface area contributed by atoms with Crippen molar-refractivity contribution in [3.05, 3.63) is 11.6 Å². The number of thiol groups is 1. The molecule has 0 aliphatic heterocycles. The van der Waals surface area contributed by atoms with Crippen molar-refractivity contribution in [1.29, 1.82) is 0 Å². The predicted octanol–water partition coefficient (Wildman–Crippen LogP) is 4.82. The Morgan fingerprint density at radius 2 is 1.81 bits per heavy atom. The Kier molecular flexibility index (Phi) is 3.17. The molecule has 3 fully saturated rings. The lowest BCUT2D eigenvalue weighted by Crippen LogP contribution is -2.50. The predicted molar refractivity (Wildman–Crippen MR) is 89.5 cm³/mol. The minimum atomic E-state index is 0.0175. The second-order valence-electron chi connectivity index (χ2n) is 8.57. The summed E-state index contributed by atoms with van der Waals surface area (Å²) in [6.45, 7) is 4.80. The van der Waals surface area contributed by atoms with Gasteiger partial charge in [-0.25, -0.2) is 0 Å². The average Bonchev–Trinajstić information content (AvgIpc) is 2.76. The number of Topliss-reactive ketones (excluding diaryl/α,β-unsaturated/α-hetero) is 1. The van der Waals surface area contributed by atoms with Gasteiger partial charge in [0, 0.05) is 17.1 Å². The molecular formula is C19H28OS. The highest BCUT2D eigenvalue weighted by Crippen LogP contribution is 2.64. The van der Waals surface area contributed by atoms with Gasteiger partial charge in [0.05, 0.1) is 0 Å². The molecule has 4 aliphatic carbocycles. The van der Waals surface area contributed by atoms with Crippen molar-refractivity contribution in [3.63, 3.8) is 0 Å². The summed E-state index contributed by atoms with van der Waals surface area (Å²) in [5, 5.41) is 0.572. The summed E-state index contributed by atoms with van der Waals surface area (Å²) < 4.78 is 0. The molecule has 0 amide bonds. The molecule has 4 aliphatic rings. The first-order chi connectivity index (χ1) is 9.95. The number of carbonyl (C=O) groups is 1. The summed E-state index contributed by atoms with van der Waals surface area (Å²) in [6.07, 6.45) is 12.0. The van der Waals surface area contributed by atoms with E-state index in [1.807, 2.05) is 0 Å². The van der Waals surface area contributed by atoms with Gasteiger partial charge in [0.25, 0.3) is 0 Å². The van der Waals surface area contributed by atoms with Crippen LogP contribution < -0.4 is 0 Å². The minimum absolute atomic E-state index is 0.0175. The monoisotopic (exact) mass is 304 g/mol. The largest absolute Gasteiger partial charge is 0.299 e. The molecule has 0 aromatic rings. The third-order valence-electron chi connectivity index (χ3n) is 7.79. The van der Waals surface area contributed by atoms with Crippen LogP contribution in [0.25, 0.3) is 0 Å². The van der Waals surface area contributed by atoms with Crippen molar-refractivity contribution in [2.24, 2.45) is 28.6 Å². The van der Waals surface area contributed by atoms with Gasteiger partial charge in [-0.15, -0.1) is 0 Å². The van der Waals surface area contributed by atoms with Crippen LogP contribution in [0.5, 0.6) is 0 Å². The van der Waals surface area contributed by atoms with Gasteiger partial charge >= 0.3 is 0 Å². The van der Waals surface area contributed by atoms with E-state index in [-0.39, 0.29) is 5.41 Å².